The quantitative estimate of drug-likeness (QED) is 0.436. The number of nitrogens with one attached hydrogen (secondary N) is 1. The van der Waals surface area contributed by atoms with Gasteiger partial charge in [0, 0.05) is 16.1 Å². The number of Topliss-reactive ketones (excluding diaryl/α,β-unsaturated/α-hetero) is 1. The van der Waals surface area contributed by atoms with E-state index in [4.69, 9.17) is 16.3 Å². The molecule has 0 aliphatic rings. The number of ether oxygens (including phenoxy) is 1. The number of para-hydroxylation sites is 1. The van der Waals surface area contributed by atoms with Crippen LogP contribution in [0.2, 0.25) is 5.02 Å². The Morgan fingerprint density at radius 2 is 1.60 bits per heavy atom. The lowest BCUT2D eigenvalue weighted by Crippen LogP contribution is -2.18. The van der Waals surface area contributed by atoms with Gasteiger partial charge in [-0.25, -0.2) is 4.79 Å². The molecule has 152 valence electrons. The topological polar surface area (TPSA) is 72.5 Å². The molecule has 3 aromatic carbocycles. The summed E-state index contributed by atoms with van der Waals surface area (Å²) in [6.45, 7) is 3.33. The molecule has 0 aromatic heterocycles. The number of ketones is 1. The van der Waals surface area contributed by atoms with Crippen molar-refractivity contribution in [2.45, 2.75) is 13.8 Å². The number of hydrogen-bond acceptors (Lipinski definition) is 4. The van der Waals surface area contributed by atoms with Crippen molar-refractivity contribution in [3.05, 3.63) is 99.6 Å². The number of amides is 1. The molecule has 0 saturated heterocycles. The number of anilines is 1. The molecule has 0 fully saturated rings. The van der Waals surface area contributed by atoms with E-state index in [1.807, 2.05) is 26.0 Å². The van der Waals surface area contributed by atoms with Gasteiger partial charge in [0.25, 0.3) is 5.91 Å². The van der Waals surface area contributed by atoms with Crippen molar-refractivity contribution in [2.24, 2.45) is 0 Å². The van der Waals surface area contributed by atoms with E-state index in [0.717, 1.165) is 11.1 Å². The Morgan fingerprint density at radius 1 is 0.900 bits per heavy atom. The molecule has 1 N–H and O–H groups in total. The Balaban J connectivity index is 1.71. The van der Waals surface area contributed by atoms with Crippen LogP contribution >= 0.6 is 11.6 Å². The third kappa shape index (κ3) is 5.13. The largest absolute Gasteiger partial charge is 0.454 e. The van der Waals surface area contributed by atoms with Crippen LogP contribution in [0.3, 0.4) is 0 Å². The molecule has 1 amide bonds. The standard InChI is InChI=1S/C24H20ClNO4/c1-15-7-8-16(2)20(13-15)22(27)14-30-24(29)19-5-3-4-6-21(19)26-23(28)17-9-11-18(25)12-10-17/h3-13H,14H2,1-2H3,(H,26,28). The van der Waals surface area contributed by atoms with Crippen molar-refractivity contribution in [1.29, 1.82) is 0 Å². The van der Waals surface area contributed by atoms with E-state index in [0.29, 0.717) is 21.8 Å². The van der Waals surface area contributed by atoms with Gasteiger partial charge in [0.05, 0.1) is 11.3 Å². The van der Waals surface area contributed by atoms with Gasteiger partial charge in [0.1, 0.15) is 0 Å². The fourth-order valence-electron chi connectivity index (χ4n) is 2.89. The third-order valence-electron chi connectivity index (χ3n) is 4.53. The first kappa shape index (κ1) is 21.3. The maximum absolute atomic E-state index is 12.6. The molecule has 0 heterocycles. The van der Waals surface area contributed by atoms with E-state index < -0.39 is 11.9 Å². The molecule has 0 atom stereocenters. The van der Waals surface area contributed by atoms with Crippen LogP contribution in [0.4, 0.5) is 5.69 Å². The lowest BCUT2D eigenvalue weighted by atomic mass is 10.0. The lowest BCUT2D eigenvalue weighted by molar-refractivity contribution is 0.0475. The minimum atomic E-state index is -0.694. The minimum absolute atomic E-state index is 0.161. The molecule has 0 aliphatic carbocycles. The number of benzene rings is 3. The first-order chi connectivity index (χ1) is 14.3. The van der Waals surface area contributed by atoms with E-state index in [9.17, 15) is 14.4 Å². The molecular weight excluding hydrogens is 402 g/mol. The monoisotopic (exact) mass is 421 g/mol. The van der Waals surface area contributed by atoms with Crippen molar-refractivity contribution in [3.63, 3.8) is 0 Å². The molecule has 3 aromatic rings. The van der Waals surface area contributed by atoms with Gasteiger partial charge in [-0.3, -0.25) is 9.59 Å². The van der Waals surface area contributed by atoms with E-state index in [1.54, 1.807) is 48.5 Å². The van der Waals surface area contributed by atoms with Gasteiger partial charge >= 0.3 is 5.97 Å². The maximum Gasteiger partial charge on any atom is 0.340 e. The average molecular weight is 422 g/mol. The number of carbonyl (C=O) groups is 3. The van der Waals surface area contributed by atoms with Gasteiger partial charge in [-0.15, -0.1) is 0 Å². The summed E-state index contributed by atoms with van der Waals surface area (Å²) in [5.74, 6) is -1.37. The van der Waals surface area contributed by atoms with Gasteiger partial charge in [-0.2, -0.15) is 0 Å². The van der Waals surface area contributed by atoms with Crippen LogP contribution in [-0.4, -0.2) is 24.3 Å². The Morgan fingerprint density at radius 3 is 2.33 bits per heavy atom. The number of aryl methyl sites for hydroxylation is 2. The minimum Gasteiger partial charge on any atom is -0.454 e. The van der Waals surface area contributed by atoms with Crippen LogP contribution in [0.1, 0.15) is 42.2 Å². The first-order valence-electron chi connectivity index (χ1n) is 9.28. The molecule has 0 spiro atoms. The van der Waals surface area contributed by atoms with Gasteiger partial charge in [0.2, 0.25) is 5.78 Å². The zero-order chi connectivity index (χ0) is 21.7. The van der Waals surface area contributed by atoms with Crippen LogP contribution in [0.5, 0.6) is 0 Å². The molecule has 0 unspecified atom stereocenters. The van der Waals surface area contributed by atoms with E-state index in [-0.39, 0.29) is 18.0 Å². The fraction of sp³-hybridized carbons (Fsp3) is 0.125. The molecular formula is C24H20ClNO4. The highest BCUT2D eigenvalue weighted by atomic mass is 35.5. The number of rotatable bonds is 6. The van der Waals surface area contributed by atoms with Crippen LogP contribution in [0, 0.1) is 13.8 Å². The van der Waals surface area contributed by atoms with Crippen molar-refractivity contribution < 1.29 is 19.1 Å². The highest BCUT2D eigenvalue weighted by Gasteiger charge is 2.18. The predicted octanol–water partition coefficient (Wildman–Crippen LogP) is 5.25. The Bertz CT molecular complexity index is 1110. The molecule has 5 nitrogen and oxygen atoms in total. The van der Waals surface area contributed by atoms with Crippen molar-refractivity contribution in [2.75, 3.05) is 11.9 Å². The van der Waals surface area contributed by atoms with Crippen molar-refractivity contribution >= 4 is 34.9 Å². The van der Waals surface area contributed by atoms with Crippen molar-refractivity contribution in [1.82, 2.24) is 0 Å². The van der Waals surface area contributed by atoms with Crippen LogP contribution in [-0.2, 0) is 4.74 Å². The highest BCUT2D eigenvalue weighted by molar-refractivity contribution is 6.30. The molecule has 3 rings (SSSR count). The molecule has 0 aliphatic heterocycles. The predicted molar refractivity (Wildman–Crippen MR) is 116 cm³/mol. The number of carbonyl (C=O) groups excluding carboxylic acids is 3. The zero-order valence-corrected chi connectivity index (χ0v) is 17.3. The van der Waals surface area contributed by atoms with E-state index in [2.05, 4.69) is 5.32 Å². The summed E-state index contributed by atoms with van der Waals surface area (Å²) >= 11 is 5.85. The smallest absolute Gasteiger partial charge is 0.340 e. The highest BCUT2D eigenvalue weighted by Crippen LogP contribution is 2.19. The third-order valence-corrected chi connectivity index (χ3v) is 4.78. The molecule has 0 bridgehead atoms. The normalized spacial score (nSPS) is 10.4. The second-order valence-corrected chi connectivity index (χ2v) is 7.26. The number of hydrogen-bond donors (Lipinski definition) is 1. The number of esters is 1. The second-order valence-electron chi connectivity index (χ2n) is 6.82. The summed E-state index contributed by atoms with van der Waals surface area (Å²) in [7, 11) is 0. The van der Waals surface area contributed by atoms with Gasteiger partial charge in [-0.1, -0.05) is 41.4 Å². The summed E-state index contributed by atoms with van der Waals surface area (Å²) < 4.78 is 5.23. The van der Waals surface area contributed by atoms with E-state index >= 15 is 0 Å². The van der Waals surface area contributed by atoms with Crippen LogP contribution in [0.25, 0.3) is 0 Å². The SMILES string of the molecule is Cc1ccc(C)c(C(=O)COC(=O)c2ccccc2NC(=O)c2ccc(Cl)cc2)c1. The maximum atomic E-state index is 12.6. The summed E-state index contributed by atoms with van der Waals surface area (Å²) in [5, 5.41) is 3.21. The average Bonchev–Trinajstić information content (AvgIpc) is 2.74. The summed E-state index contributed by atoms with van der Waals surface area (Å²) in [5.41, 5.74) is 3.14. The molecule has 6 heteroatoms. The lowest BCUT2D eigenvalue weighted by Gasteiger charge is -2.11. The molecule has 0 saturated carbocycles. The Labute approximate surface area is 179 Å². The van der Waals surface area contributed by atoms with Gasteiger partial charge in [-0.05, 0) is 61.9 Å². The van der Waals surface area contributed by atoms with Gasteiger partial charge in [0.15, 0.2) is 6.61 Å². The van der Waals surface area contributed by atoms with Crippen LogP contribution < -0.4 is 5.32 Å². The zero-order valence-electron chi connectivity index (χ0n) is 16.6. The Kier molecular flexibility index (Phi) is 6.65. The first-order valence-corrected chi connectivity index (χ1v) is 9.66. The van der Waals surface area contributed by atoms with E-state index in [1.165, 1.54) is 6.07 Å². The molecule has 30 heavy (non-hydrogen) atoms. The number of halogens is 1. The summed E-state index contributed by atoms with van der Waals surface area (Å²) in [6.07, 6.45) is 0. The van der Waals surface area contributed by atoms with Gasteiger partial charge < -0.3 is 10.1 Å². The Hall–Kier alpha value is -3.44. The van der Waals surface area contributed by atoms with Crippen molar-refractivity contribution in [3.8, 4) is 0 Å². The summed E-state index contributed by atoms with van der Waals surface area (Å²) in [6, 6.07) is 18.4. The summed E-state index contributed by atoms with van der Waals surface area (Å²) in [4.78, 5) is 37.5. The molecule has 0 radical (unpaired) electrons. The van der Waals surface area contributed by atoms with Crippen LogP contribution in [0.15, 0.2) is 66.7 Å². The fourth-order valence-corrected chi connectivity index (χ4v) is 3.01. The second kappa shape index (κ2) is 9.37.